The Morgan fingerprint density at radius 3 is 2.36 bits per heavy atom. The van der Waals surface area contributed by atoms with E-state index in [1.165, 1.54) is 0 Å². The summed E-state index contributed by atoms with van der Waals surface area (Å²) in [6.45, 7) is 6.33. The third kappa shape index (κ3) is 2.57. The van der Waals surface area contributed by atoms with E-state index < -0.39 is 0 Å². The molecule has 0 spiro atoms. The molecule has 0 radical (unpaired) electrons. The summed E-state index contributed by atoms with van der Waals surface area (Å²) in [4.78, 5) is 12.1. The maximum absolute atomic E-state index is 12.1. The van der Waals surface area contributed by atoms with Crippen molar-refractivity contribution >= 4 is 5.78 Å². The number of carbonyl (C=O) groups is 1. The number of carbonyl (C=O) groups excluding carboxylic acids is 1. The fourth-order valence-electron chi connectivity index (χ4n) is 2.54. The predicted octanol–water partition coefficient (Wildman–Crippen LogP) is 2.53. The lowest BCUT2D eigenvalue weighted by molar-refractivity contribution is -0.130. The molecule has 2 nitrogen and oxygen atoms in total. The van der Waals surface area contributed by atoms with Crippen molar-refractivity contribution in [2.24, 2.45) is 5.41 Å². The van der Waals surface area contributed by atoms with Crippen LogP contribution in [0.5, 0.6) is 0 Å². The van der Waals surface area contributed by atoms with Crippen LogP contribution >= 0.6 is 0 Å². The molecule has 0 saturated carbocycles. The highest BCUT2D eigenvalue weighted by molar-refractivity contribution is 5.84. The Balaban J connectivity index is 2.63. The number of ketones is 1. The number of hydrogen-bond acceptors (Lipinski definition) is 2. The molecule has 0 aromatic carbocycles. The lowest BCUT2D eigenvalue weighted by Gasteiger charge is -2.36. The Morgan fingerprint density at radius 1 is 1.21 bits per heavy atom. The molecule has 0 bridgehead atoms. The minimum absolute atomic E-state index is 0.0377. The molecule has 0 amide bonds. The summed E-state index contributed by atoms with van der Waals surface area (Å²) < 4.78 is 0. The van der Waals surface area contributed by atoms with Crippen LogP contribution in [0, 0.1) is 5.41 Å². The maximum Gasteiger partial charge on any atom is 0.139 e. The highest BCUT2D eigenvalue weighted by Crippen LogP contribution is 2.36. The molecule has 0 aliphatic carbocycles. The van der Waals surface area contributed by atoms with Crippen LogP contribution < -0.4 is 5.32 Å². The monoisotopic (exact) mass is 197 g/mol. The second kappa shape index (κ2) is 5.50. The molecule has 2 heteroatoms. The van der Waals surface area contributed by atoms with Crippen molar-refractivity contribution in [3.05, 3.63) is 0 Å². The second-order valence-corrected chi connectivity index (χ2v) is 4.45. The van der Waals surface area contributed by atoms with Crippen LogP contribution in [0.25, 0.3) is 0 Å². The smallest absolute Gasteiger partial charge is 0.139 e. The normalized spacial score (nSPS) is 20.7. The van der Waals surface area contributed by atoms with E-state index in [-0.39, 0.29) is 5.41 Å². The first-order valence-corrected chi connectivity index (χ1v) is 5.99. The van der Waals surface area contributed by atoms with Crippen molar-refractivity contribution in [3.63, 3.8) is 0 Å². The fraction of sp³-hybridized carbons (Fsp3) is 0.917. The van der Waals surface area contributed by atoms with Crippen molar-refractivity contribution in [3.8, 4) is 0 Å². The van der Waals surface area contributed by atoms with E-state index in [9.17, 15) is 4.79 Å². The fourth-order valence-corrected chi connectivity index (χ4v) is 2.54. The maximum atomic E-state index is 12.1. The van der Waals surface area contributed by atoms with Gasteiger partial charge in [0.25, 0.3) is 0 Å². The van der Waals surface area contributed by atoms with E-state index in [1.54, 1.807) is 0 Å². The molecule has 82 valence electrons. The van der Waals surface area contributed by atoms with Crippen molar-refractivity contribution in [2.45, 2.75) is 52.4 Å². The lowest BCUT2D eigenvalue weighted by Crippen LogP contribution is -2.42. The number of nitrogens with one attached hydrogen (secondary N) is 1. The summed E-state index contributed by atoms with van der Waals surface area (Å²) >= 11 is 0. The van der Waals surface area contributed by atoms with Crippen LogP contribution in [0.15, 0.2) is 0 Å². The van der Waals surface area contributed by atoms with Gasteiger partial charge in [-0.05, 0) is 38.8 Å². The van der Waals surface area contributed by atoms with Gasteiger partial charge in [0, 0.05) is 11.8 Å². The van der Waals surface area contributed by atoms with Gasteiger partial charge in [-0.15, -0.1) is 0 Å². The molecule has 1 saturated heterocycles. The summed E-state index contributed by atoms with van der Waals surface area (Å²) in [7, 11) is 0. The first kappa shape index (κ1) is 11.7. The molecule has 0 atom stereocenters. The third-order valence-electron chi connectivity index (χ3n) is 3.36. The predicted molar refractivity (Wildman–Crippen MR) is 59.4 cm³/mol. The van der Waals surface area contributed by atoms with Gasteiger partial charge in [-0.1, -0.05) is 20.3 Å². The molecule has 14 heavy (non-hydrogen) atoms. The Morgan fingerprint density at radius 2 is 1.86 bits per heavy atom. The summed E-state index contributed by atoms with van der Waals surface area (Å²) in [6.07, 6.45) is 6.11. The van der Waals surface area contributed by atoms with Crippen molar-refractivity contribution < 1.29 is 4.79 Å². The lowest BCUT2D eigenvalue weighted by atomic mass is 9.71. The van der Waals surface area contributed by atoms with E-state index in [1.807, 2.05) is 0 Å². The van der Waals surface area contributed by atoms with Crippen molar-refractivity contribution in [1.29, 1.82) is 0 Å². The van der Waals surface area contributed by atoms with Crippen molar-refractivity contribution in [1.82, 2.24) is 5.32 Å². The van der Waals surface area contributed by atoms with Gasteiger partial charge in [-0.3, -0.25) is 4.79 Å². The van der Waals surface area contributed by atoms with Gasteiger partial charge in [0.1, 0.15) is 5.78 Å². The number of rotatable bonds is 5. The first-order chi connectivity index (χ1) is 6.75. The van der Waals surface area contributed by atoms with Crippen LogP contribution in [0.2, 0.25) is 0 Å². The van der Waals surface area contributed by atoms with E-state index in [4.69, 9.17) is 0 Å². The second-order valence-electron chi connectivity index (χ2n) is 4.45. The van der Waals surface area contributed by atoms with Gasteiger partial charge < -0.3 is 5.32 Å². The number of Topliss-reactive ketones (excluding diaryl/α,β-unsaturated/α-hetero) is 1. The molecule has 0 aromatic heterocycles. The molecule has 1 rings (SSSR count). The summed E-state index contributed by atoms with van der Waals surface area (Å²) in [5.74, 6) is 0.517. The molecule has 1 heterocycles. The highest BCUT2D eigenvalue weighted by atomic mass is 16.1. The zero-order chi connectivity index (χ0) is 10.4. The van der Waals surface area contributed by atoms with Crippen LogP contribution in [0.1, 0.15) is 52.4 Å². The Kier molecular flexibility index (Phi) is 4.59. The summed E-state index contributed by atoms with van der Waals surface area (Å²) in [5, 5.41) is 3.34. The molecule has 0 unspecified atom stereocenters. The van der Waals surface area contributed by atoms with Crippen LogP contribution in [-0.4, -0.2) is 18.9 Å². The quantitative estimate of drug-likeness (QED) is 0.733. The topological polar surface area (TPSA) is 29.1 Å². The van der Waals surface area contributed by atoms with Crippen LogP contribution in [0.3, 0.4) is 0 Å². The summed E-state index contributed by atoms with van der Waals surface area (Å²) in [6, 6.07) is 0. The average Bonchev–Trinajstić information content (AvgIpc) is 2.20. The Hall–Kier alpha value is -0.370. The van der Waals surface area contributed by atoms with Crippen LogP contribution in [0.4, 0.5) is 0 Å². The van der Waals surface area contributed by atoms with Crippen molar-refractivity contribution in [2.75, 3.05) is 13.1 Å². The van der Waals surface area contributed by atoms with Gasteiger partial charge >= 0.3 is 0 Å². The Bertz CT molecular complexity index is 177. The van der Waals surface area contributed by atoms with E-state index in [0.717, 1.165) is 51.6 Å². The molecular weight excluding hydrogens is 174 g/mol. The molecule has 1 aliphatic rings. The molecule has 1 aliphatic heterocycles. The first-order valence-electron chi connectivity index (χ1n) is 5.99. The van der Waals surface area contributed by atoms with Gasteiger partial charge in [-0.2, -0.15) is 0 Å². The van der Waals surface area contributed by atoms with E-state index in [0.29, 0.717) is 5.78 Å². The van der Waals surface area contributed by atoms with Gasteiger partial charge in [0.05, 0.1) is 0 Å². The molecule has 1 fully saturated rings. The van der Waals surface area contributed by atoms with Gasteiger partial charge in [0.2, 0.25) is 0 Å². The summed E-state index contributed by atoms with van der Waals surface area (Å²) in [5.41, 5.74) is 0.0377. The van der Waals surface area contributed by atoms with Gasteiger partial charge in [0.15, 0.2) is 0 Å². The Labute approximate surface area is 87.5 Å². The number of piperidine rings is 1. The SMILES string of the molecule is CCCC(=O)C1(CCC)CCNCC1. The highest BCUT2D eigenvalue weighted by Gasteiger charge is 2.37. The standard InChI is InChI=1S/C12H23NO/c1-3-5-11(14)12(6-4-2)7-9-13-10-8-12/h13H,3-10H2,1-2H3. The molecule has 0 aromatic rings. The minimum atomic E-state index is 0.0377. The number of hydrogen-bond donors (Lipinski definition) is 1. The zero-order valence-electron chi connectivity index (χ0n) is 9.57. The minimum Gasteiger partial charge on any atom is -0.317 e. The zero-order valence-corrected chi connectivity index (χ0v) is 9.57. The van der Waals surface area contributed by atoms with Crippen LogP contribution in [-0.2, 0) is 4.79 Å². The van der Waals surface area contributed by atoms with E-state index in [2.05, 4.69) is 19.2 Å². The van der Waals surface area contributed by atoms with E-state index >= 15 is 0 Å². The largest absolute Gasteiger partial charge is 0.317 e. The van der Waals surface area contributed by atoms with Gasteiger partial charge in [-0.25, -0.2) is 0 Å². The molecule has 1 N–H and O–H groups in total. The molecular formula is C12H23NO. The third-order valence-corrected chi connectivity index (χ3v) is 3.36. The average molecular weight is 197 g/mol.